The standard InChI is InChI=1S/C50H72O2/c1-39(2)49(35-31-47(11)37-51)33-29-45(9)27-17-25-43(7)23-15-21-41(5)19-13-14-20-42(6)22-16-24-44(8)26-18-28-46(10)30-34-50(40(3)4)36-32-48(12)38-52/h13-28,31-32,51-52H,29-30,33-38H2,1-12H3/b14-13+,21-15+,22-16+,25-17+,26-18+,41-19+,42-20+,43-23+,44-24+,45-27+,46-28+,47-31+,48-32+. The van der Waals surface area contributed by atoms with E-state index in [4.69, 9.17) is 0 Å². The summed E-state index contributed by atoms with van der Waals surface area (Å²) in [6.45, 7) is 25.8. The first-order valence-corrected chi connectivity index (χ1v) is 18.9. The highest BCUT2D eigenvalue weighted by Gasteiger charge is 2.01. The van der Waals surface area contributed by atoms with Gasteiger partial charge in [0, 0.05) is 0 Å². The average molecular weight is 705 g/mol. The van der Waals surface area contributed by atoms with Crippen molar-refractivity contribution in [3.8, 4) is 0 Å². The molecule has 0 amide bonds. The zero-order valence-corrected chi connectivity index (χ0v) is 34.9. The van der Waals surface area contributed by atoms with Crippen molar-refractivity contribution in [3.05, 3.63) is 176 Å². The van der Waals surface area contributed by atoms with E-state index in [1.54, 1.807) is 0 Å². The molecule has 2 nitrogen and oxygen atoms in total. The monoisotopic (exact) mass is 705 g/mol. The van der Waals surface area contributed by atoms with Crippen LogP contribution in [0.4, 0.5) is 0 Å². The first-order valence-electron chi connectivity index (χ1n) is 18.9. The largest absolute Gasteiger partial charge is 0.392 e. The molecular weight excluding hydrogens is 633 g/mol. The molecule has 0 aliphatic heterocycles. The Balaban J connectivity index is 4.91. The normalized spacial score (nSPS) is 15.1. The lowest BCUT2D eigenvalue weighted by molar-refractivity contribution is 0.330. The fourth-order valence-electron chi connectivity index (χ4n) is 4.77. The van der Waals surface area contributed by atoms with Gasteiger partial charge in [0.2, 0.25) is 0 Å². The van der Waals surface area contributed by atoms with Gasteiger partial charge >= 0.3 is 0 Å². The summed E-state index contributed by atoms with van der Waals surface area (Å²) in [7, 11) is 0. The van der Waals surface area contributed by atoms with E-state index >= 15 is 0 Å². The minimum absolute atomic E-state index is 0.133. The zero-order chi connectivity index (χ0) is 39.3. The molecule has 0 aromatic carbocycles. The molecule has 0 aliphatic carbocycles. The van der Waals surface area contributed by atoms with Gasteiger partial charge in [0.05, 0.1) is 13.2 Å². The summed E-state index contributed by atoms with van der Waals surface area (Å²) >= 11 is 0. The van der Waals surface area contributed by atoms with Crippen molar-refractivity contribution in [1.29, 1.82) is 0 Å². The summed E-state index contributed by atoms with van der Waals surface area (Å²) in [6.07, 6.45) is 44.5. The van der Waals surface area contributed by atoms with Crippen molar-refractivity contribution in [1.82, 2.24) is 0 Å². The molecule has 284 valence electrons. The Morgan fingerprint density at radius 2 is 0.635 bits per heavy atom. The number of hydrogen-bond donors (Lipinski definition) is 2. The third-order valence-corrected chi connectivity index (χ3v) is 8.69. The molecule has 0 spiro atoms. The lowest BCUT2D eigenvalue weighted by Gasteiger charge is -2.09. The highest BCUT2D eigenvalue weighted by molar-refractivity contribution is 5.33. The Morgan fingerprint density at radius 3 is 0.923 bits per heavy atom. The van der Waals surface area contributed by atoms with Gasteiger partial charge < -0.3 is 10.2 Å². The molecular formula is C50H72O2. The quantitative estimate of drug-likeness (QED) is 0.0870. The SMILES string of the molecule is CC(C)=C(C/C=C(\C)CO)CC/C(C)=C/C=C/C(C)=C/C=C/C(C)=C/C=C/C=C(C)/C=C/C=C(C)/C=C/C=C(\C)CCC(C/C=C(\C)CO)=C(C)C. The summed E-state index contributed by atoms with van der Waals surface area (Å²) in [5.74, 6) is 0. The van der Waals surface area contributed by atoms with Gasteiger partial charge in [0.1, 0.15) is 0 Å². The van der Waals surface area contributed by atoms with Gasteiger partial charge in [-0.3, -0.25) is 0 Å². The summed E-state index contributed by atoms with van der Waals surface area (Å²) in [5, 5.41) is 18.5. The van der Waals surface area contributed by atoms with Crippen molar-refractivity contribution < 1.29 is 10.2 Å². The van der Waals surface area contributed by atoms with Gasteiger partial charge in [-0.25, -0.2) is 0 Å². The van der Waals surface area contributed by atoms with Crippen LogP contribution < -0.4 is 0 Å². The summed E-state index contributed by atoms with van der Waals surface area (Å²) in [5.41, 5.74) is 15.2. The minimum atomic E-state index is 0.133. The van der Waals surface area contributed by atoms with E-state index in [1.165, 1.54) is 55.7 Å². The van der Waals surface area contributed by atoms with Crippen LogP contribution in [0, 0.1) is 0 Å². The van der Waals surface area contributed by atoms with Crippen LogP contribution in [-0.4, -0.2) is 23.4 Å². The van der Waals surface area contributed by atoms with E-state index in [2.05, 4.69) is 179 Å². The molecule has 0 fully saturated rings. The molecule has 2 N–H and O–H groups in total. The second-order valence-electron chi connectivity index (χ2n) is 14.5. The molecule has 0 aliphatic rings. The number of aliphatic hydroxyl groups excluding tert-OH is 2. The maximum absolute atomic E-state index is 9.26. The minimum Gasteiger partial charge on any atom is -0.392 e. The highest BCUT2D eigenvalue weighted by atomic mass is 16.3. The molecule has 0 saturated heterocycles. The van der Waals surface area contributed by atoms with Crippen molar-refractivity contribution >= 4 is 0 Å². The van der Waals surface area contributed by atoms with E-state index in [9.17, 15) is 10.2 Å². The highest BCUT2D eigenvalue weighted by Crippen LogP contribution is 2.21. The lowest BCUT2D eigenvalue weighted by atomic mass is 9.98. The molecule has 0 aromatic heterocycles. The Morgan fingerprint density at radius 1 is 0.346 bits per heavy atom. The van der Waals surface area contributed by atoms with Gasteiger partial charge in [0.15, 0.2) is 0 Å². The number of allylic oxidation sites excluding steroid dienone is 28. The Labute approximate surface area is 320 Å². The molecule has 0 atom stereocenters. The topological polar surface area (TPSA) is 40.5 Å². The molecule has 0 bridgehead atoms. The number of hydrogen-bond acceptors (Lipinski definition) is 2. The second kappa shape index (κ2) is 29.6. The van der Waals surface area contributed by atoms with E-state index in [0.29, 0.717) is 0 Å². The van der Waals surface area contributed by atoms with Crippen LogP contribution in [-0.2, 0) is 0 Å². The predicted molar refractivity (Wildman–Crippen MR) is 234 cm³/mol. The summed E-state index contributed by atoms with van der Waals surface area (Å²) < 4.78 is 0. The van der Waals surface area contributed by atoms with Crippen LogP contribution in [0.15, 0.2) is 176 Å². The lowest BCUT2D eigenvalue weighted by Crippen LogP contribution is -1.90. The van der Waals surface area contributed by atoms with Crippen LogP contribution in [0.2, 0.25) is 0 Å². The summed E-state index contributed by atoms with van der Waals surface area (Å²) in [6, 6.07) is 0. The Bertz CT molecular complexity index is 1440. The van der Waals surface area contributed by atoms with E-state index < -0.39 is 0 Å². The fraction of sp³-hybridized carbons (Fsp3) is 0.400. The predicted octanol–water partition coefficient (Wildman–Crippen LogP) is 14.3. The smallest absolute Gasteiger partial charge is 0.0639 e. The molecule has 52 heavy (non-hydrogen) atoms. The van der Waals surface area contributed by atoms with Crippen molar-refractivity contribution in [2.24, 2.45) is 0 Å². The van der Waals surface area contributed by atoms with Gasteiger partial charge in [-0.15, -0.1) is 0 Å². The van der Waals surface area contributed by atoms with Crippen molar-refractivity contribution in [3.63, 3.8) is 0 Å². The van der Waals surface area contributed by atoms with Gasteiger partial charge in [-0.2, -0.15) is 0 Å². The van der Waals surface area contributed by atoms with Crippen molar-refractivity contribution in [2.75, 3.05) is 13.2 Å². The Hall–Kier alpha value is -3.98. The van der Waals surface area contributed by atoms with Crippen LogP contribution in [0.1, 0.15) is 122 Å². The van der Waals surface area contributed by atoms with Crippen LogP contribution in [0.5, 0.6) is 0 Å². The molecule has 0 heterocycles. The third-order valence-electron chi connectivity index (χ3n) is 8.69. The first kappa shape index (κ1) is 48.0. The molecule has 0 aromatic rings. The van der Waals surface area contributed by atoms with Crippen LogP contribution in [0.3, 0.4) is 0 Å². The summed E-state index contributed by atoms with van der Waals surface area (Å²) in [4.78, 5) is 0. The molecule has 0 radical (unpaired) electrons. The van der Waals surface area contributed by atoms with Crippen LogP contribution >= 0.6 is 0 Å². The third kappa shape index (κ3) is 26.8. The Kier molecular flexibility index (Phi) is 27.3. The maximum atomic E-state index is 9.26. The van der Waals surface area contributed by atoms with Crippen LogP contribution in [0.25, 0.3) is 0 Å². The number of rotatable bonds is 22. The van der Waals surface area contributed by atoms with Gasteiger partial charge in [-0.05, 0) is 122 Å². The molecule has 0 rings (SSSR count). The first-order chi connectivity index (χ1) is 24.7. The van der Waals surface area contributed by atoms with E-state index in [0.717, 1.165) is 49.7 Å². The van der Waals surface area contributed by atoms with Gasteiger partial charge in [-0.1, -0.05) is 176 Å². The maximum Gasteiger partial charge on any atom is 0.0639 e. The van der Waals surface area contributed by atoms with Crippen molar-refractivity contribution in [2.45, 2.75) is 122 Å². The fourth-order valence-corrected chi connectivity index (χ4v) is 4.77. The molecule has 0 saturated carbocycles. The van der Waals surface area contributed by atoms with Gasteiger partial charge in [0.25, 0.3) is 0 Å². The second-order valence-corrected chi connectivity index (χ2v) is 14.5. The molecule has 2 heteroatoms. The van der Waals surface area contributed by atoms with E-state index in [1.807, 2.05) is 13.8 Å². The van der Waals surface area contributed by atoms with E-state index in [-0.39, 0.29) is 13.2 Å². The average Bonchev–Trinajstić information content (AvgIpc) is 3.09. The zero-order valence-electron chi connectivity index (χ0n) is 34.9. The number of aliphatic hydroxyl groups is 2. The molecule has 0 unspecified atom stereocenters.